The molecule has 0 amide bonds. The van der Waals surface area contributed by atoms with E-state index in [-0.39, 0.29) is 5.41 Å². The largest absolute Gasteiger partial charge is 0.374 e. The molecule has 88 valence electrons. The van der Waals surface area contributed by atoms with Gasteiger partial charge in [-0.25, -0.2) is 8.42 Å². The van der Waals surface area contributed by atoms with Crippen molar-refractivity contribution in [2.24, 2.45) is 5.41 Å². The van der Waals surface area contributed by atoms with Gasteiger partial charge in [-0.15, -0.1) is 0 Å². The van der Waals surface area contributed by atoms with Gasteiger partial charge in [0.1, 0.15) is 0 Å². The zero-order valence-corrected chi connectivity index (χ0v) is 9.94. The van der Waals surface area contributed by atoms with Gasteiger partial charge in [0.25, 0.3) is 0 Å². The predicted octanol–water partition coefficient (Wildman–Crippen LogP) is 0.273. The highest BCUT2D eigenvalue weighted by atomic mass is 32.2. The molecule has 0 aromatic heterocycles. The summed E-state index contributed by atoms with van der Waals surface area (Å²) in [5, 5.41) is 13.7. The molecule has 2 aliphatic rings. The second kappa shape index (κ2) is 3.43. The van der Waals surface area contributed by atoms with Crippen molar-refractivity contribution in [3.05, 3.63) is 0 Å². The van der Waals surface area contributed by atoms with Gasteiger partial charge in [0.2, 0.25) is 0 Å². The Kier molecular flexibility index (Phi) is 2.60. The standard InChI is InChI=1S/C10H19NO3S/c1-15(13,14)10(12)4-2-3-9(10)5-7-11-8-6-9/h11-12H,2-8H2,1H3. The SMILES string of the molecule is CS(=O)(=O)C1(O)CCCC12CCNCC2. The third kappa shape index (κ3) is 1.52. The van der Waals surface area contributed by atoms with Gasteiger partial charge in [-0.1, -0.05) is 0 Å². The smallest absolute Gasteiger partial charge is 0.177 e. The summed E-state index contributed by atoms with van der Waals surface area (Å²) in [6, 6.07) is 0. The molecule has 15 heavy (non-hydrogen) atoms. The zero-order chi connectivity index (χ0) is 11.2. The van der Waals surface area contributed by atoms with Crippen molar-refractivity contribution >= 4 is 9.84 Å². The average molecular weight is 233 g/mol. The fourth-order valence-electron chi connectivity index (χ4n) is 3.25. The molecule has 2 fully saturated rings. The van der Waals surface area contributed by atoms with E-state index in [0.717, 1.165) is 38.8 Å². The first-order chi connectivity index (χ1) is 6.91. The quantitative estimate of drug-likeness (QED) is 0.682. The lowest BCUT2D eigenvalue weighted by Crippen LogP contribution is -2.54. The molecule has 1 atom stereocenters. The summed E-state index contributed by atoms with van der Waals surface area (Å²) in [5.41, 5.74) is -0.383. The first-order valence-corrected chi connectivity index (χ1v) is 7.43. The van der Waals surface area contributed by atoms with Gasteiger partial charge in [0, 0.05) is 11.7 Å². The maximum absolute atomic E-state index is 11.8. The van der Waals surface area contributed by atoms with Gasteiger partial charge < -0.3 is 10.4 Å². The number of nitrogens with one attached hydrogen (secondary N) is 1. The number of piperidine rings is 1. The summed E-state index contributed by atoms with van der Waals surface area (Å²) < 4.78 is 23.5. The Hall–Kier alpha value is -0.130. The molecule has 1 heterocycles. The Morgan fingerprint density at radius 3 is 2.27 bits per heavy atom. The predicted molar refractivity (Wildman–Crippen MR) is 58.2 cm³/mol. The Labute approximate surface area is 91.0 Å². The van der Waals surface area contributed by atoms with Crippen LogP contribution in [0.5, 0.6) is 0 Å². The van der Waals surface area contributed by atoms with Crippen molar-refractivity contribution in [3.63, 3.8) is 0 Å². The van der Waals surface area contributed by atoms with Crippen molar-refractivity contribution in [2.75, 3.05) is 19.3 Å². The molecule has 1 spiro atoms. The average Bonchev–Trinajstić information content (AvgIpc) is 2.46. The van der Waals surface area contributed by atoms with Gasteiger partial charge in [0.05, 0.1) is 0 Å². The number of hydrogen-bond donors (Lipinski definition) is 2. The molecule has 4 nitrogen and oxygen atoms in total. The molecule has 2 rings (SSSR count). The first-order valence-electron chi connectivity index (χ1n) is 5.54. The summed E-state index contributed by atoms with van der Waals surface area (Å²) in [5.74, 6) is 0. The maximum atomic E-state index is 11.8. The van der Waals surface area contributed by atoms with E-state index in [1.54, 1.807) is 0 Å². The minimum atomic E-state index is -3.38. The van der Waals surface area contributed by atoms with Gasteiger partial charge >= 0.3 is 0 Å². The molecule has 1 saturated heterocycles. The lowest BCUT2D eigenvalue weighted by Gasteiger charge is -2.43. The normalized spacial score (nSPS) is 35.9. The Balaban J connectivity index is 2.39. The van der Waals surface area contributed by atoms with Crippen molar-refractivity contribution in [2.45, 2.75) is 37.0 Å². The fourth-order valence-corrected chi connectivity index (χ4v) is 4.86. The molecule has 1 saturated carbocycles. The van der Waals surface area contributed by atoms with Crippen LogP contribution in [0.2, 0.25) is 0 Å². The van der Waals surface area contributed by atoms with Crippen LogP contribution in [0.15, 0.2) is 0 Å². The Morgan fingerprint density at radius 1 is 1.13 bits per heavy atom. The lowest BCUT2D eigenvalue weighted by atomic mass is 9.75. The van der Waals surface area contributed by atoms with Crippen molar-refractivity contribution in [3.8, 4) is 0 Å². The topological polar surface area (TPSA) is 66.4 Å². The molecular weight excluding hydrogens is 214 g/mol. The molecule has 0 aromatic rings. The van der Waals surface area contributed by atoms with E-state index in [1.807, 2.05) is 0 Å². The van der Waals surface area contributed by atoms with E-state index in [4.69, 9.17) is 0 Å². The summed E-state index contributed by atoms with van der Waals surface area (Å²) in [6.45, 7) is 1.63. The van der Waals surface area contributed by atoms with Crippen LogP contribution in [-0.2, 0) is 9.84 Å². The van der Waals surface area contributed by atoms with E-state index in [2.05, 4.69) is 5.32 Å². The third-order valence-corrected chi connectivity index (χ3v) is 6.04. The summed E-state index contributed by atoms with van der Waals surface area (Å²) in [6.07, 6.45) is 4.79. The van der Waals surface area contributed by atoms with E-state index in [1.165, 1.54) is 6.26 Å². The molecule has 1 unspecified atom stereocenters. The summed E-state index contributed by atoms with van der Waals surface area (Å²) in [4.78, 5) is -1.47. The first kappa shape index (κ1) is 11.4. The third-order valence-electron chi connectivity index (χ3n) is 4.17. The van der Waals surface area contributed by atoms with Gasteiger partial charge in [0.15, 0.2) is 14.8 Å². The highest BCUT2D eigenvalue weighted by molar-refractivity contribution is 7.91. The van der Waals surface area contributed by atoms with Gasteiger partial charge in [-0.2, -0.15) is 0 Å². The molecule has 0 bridgehead atoms. The monoisotopic (exact) mass is 233 g/mol. The molecule has 1 aliphatic carbocycles. The minimum Gasteiger partial charge on any atom is -0.374 e. The Bertz CT molecular complexity index is 346. The van der Waals surface area contributed by atoms with Crippen molar-refractivity contribution in [1.82, 2.24) is 5.32 Å². The molecule has 2 N–H and O–H groups in total. The van der Waals surface area contributed by atoms with Gasteiger partial charge in [-0.3, -0.25) is 0 Å². The van der Waals surface area contributed by atoms with Gasteiger partial charge in [-0.05, 0) is 45.2 Å². The van der Waals surface area contributed by atoms with Crippen LogP contribution in [0.3, 0.4) is 0 Å². The van der Waals surface area contributed by atoms with Crippen LogP contribution in [-0.4, -0.2) is 37.8 Å². The minimum absolute atomic E-state index is 0.383. The highest BCUT2D eigenvalue weighted by Crippen LogP contribution is 2.54. The number of aliphatic hydroxyl groups is 1. The van der Waals surface area contributed by atoms with Crippen molar-refractivity contribution in [1.29, 1.82) is 0 Å². The molecular formula is C10H19NO3S. The van der Waals surface area contributed by atoms with Crippen LogP contribution < -0.4 is 5.32 Å². The molecule has 0 aromatic carbocycles. The molecule has 0 radical (unpaired) electrons. The zero-order valence-electron chi connectivity index (χ0n) is 9.12. The van der Waals surface area contributed by atoms with E-state index in [0.29, 0.717) is 6.42 Å². The summed E-state index contributed by atoms with van der Waals surface area (Å²) >= 11 is 0. The van der Waals surface area contributed by atoms with Crippen LogP contribution >= 0.6 is 0 Å². The maximum Gasteiger partial charge on any atom is 0.177 e. The molecule has 5 heteroatoms. The van der Waals surface area contributed by atoms with E-state index < -0.39 is 14.8 Å². The fraction of sp³-hybridized carbons (Fsp3) is 1.00. The van der Waals surface area contributed by atoms with Crippen LogP contribution in [0, 0.1) is 5.41 Å². The molecule has 1 aliphatic heterocycles. The highest BCUT2D eigenvalue weighted by Gasteiger charge is 2.59. The van der Waals surface area contributed by atoms with Crippen LogP contribution in [0.25, 0.3) is 0 Å². The number of sulfone groups is 1. The van der Waals surface area contributed by atoms with E-state index in [9.17, 15) is 13.5 Å². The number of hydrogen-bond acceptors (Lipinski definition) is 4. The number of rotatable bonds is 1. The second-order valence-corrected chi connectivity index (χ2v) is 7.16. The Morgan fingerprint density at radius 2 is 1.73 bits per heavy atom. The lowest BCUT2D eigenvalue weighted by molar-refractivity contribution is -0.00912. The second-order valence-electron chi connectivity index (χ2n) is 4.94. The van der Waals surface area contributed by atoms with Crippen LogP contribution in [0.1, 0.15) is 32.1 Å². The van der Waals surface area contributed by atoms with Crippen LogP contribution in [0.4, 0.5) is 0 Å². The van der Waals surface area contributed by atoms with E-state index >= 15 is 0 Å². The van der Waals surface area contributed by atoms with Crippen molar-refractivity contribution < 1.29 is 13.5 Å². The summed E-state index contributed by atoms with van der Waals surface area (Å²) in [7, 11) is -3.38.